The second-order valence-electron chi connectivity index (χ2n) is 6.15. The molecule has 7 heteroatoms. The van der Waals surface area contributed by atoms with Crippen molar-refractivity contribution in [3.8, 4) is 11.5 Å². The minimum Gasteiger partial charge on any atom is -0.482 e. The second-order valence-corrected chi connectivity index (χ2v) is 6.56. The Kier molecular flexibility index (Phi) is 7.07. The minimum atomic E-state index is -1.04. The van der Waals surface area contributed by atoms with Crippen molar-refractivity contribution in [2.24, 2.45) is 0 Å². The Morgan fingerprint density at radius 2 is 1.74 bits per heavy atom. The first kappa shape index (κ1) is 20.6. The standard InChI is InChI=1S/C20H22ClNO5/c1-12-10-17(8-9-18(12)21)27-14(3)20(25)22-13(2)15-4-6-16(7-5-15)26-11-19(23)24/h4-10,13-14H,11H2,1-3H3,(H,22,25)(H,23,24). The molecule has 27 heavy (non-hydrogen) atoms. The zero-order valence-electron chi connectivity index (χ0n) is 15.4. The van der Waals surface area contributed by atoms with Gasteiger partial charge in [-0.3, -0.25) is 4.79 Å². The van der Waals surface area contributed by atoms with E-state index in [9.17, 15) is 9.59 Å². The molecule has 2 unspecified atom stereocenters. The van der Waals surface area contributed by atoms with Gasteiger partial charge in [0.15, 0.2) is 12.7 Å². The predicted molar refractivity (Wildman–Crippen MR) is 102 cm³/mol. The van der Waals surface area contributed by atoms with E-state index in [1.54, 1.807) is 49.4 Å². The monoisotopic (exact) mass is 391 g/mol. The van der Waals surface area contributed by atoms with Gasteiger partial charge < -0.3 is 19.9 Å². The SMILES string of the molecule is Cc1cc(OC(C)C(=O)NC(C)c2ccc(OCC(=O)O)cc2)ccc1Cl. The second kappa shape index (κ2) is 9.28. The van der Waals surface area contributed by atoms with Crippen LogP contribution in [0.2, 0.25) is 5.02 Å². The number of hydrogen-bond donors (Lipinski definition) is 2. The van der Waals surface area contributed by atoms with Crippen molar-refractivity contribution >= 4 is 23.5 Å². The first-order valence-corrected chi connectivity index (χ1v) is 8.82. The zero-order chi connectivity index (χ0) is 20.0. The quantitative estimate of drug-likeness (QED) is 0.715. The van der Waals surface area contributed by atoms with Gasteiger partial charge >= 0.3 is 5.97 Å². The molecular formula is C20H22ClNO5. The summed E-state index contributed by atoms with van der Waals surface area (Å²) in [5.74, 6) is -0.257. The molecule has 0 heterocycles. The van der Waals surface area contributed by atoms with Crippen LogP contribution < -0.4 is 14.8 Å². The van der Waals surface area contributed by atoms with Gasteiger partial charge in [0.25, 0.3) is 5.91 Å². The molecule has 2 N–H and O–H groups in total. The predicted octanol–water partition coefficient (Wildman–Crippen LogP) is 3.76. The van der Waals surface area contributed by atoms with Crippen LogP contribution in [0.15, 0.2) is 42.5 Å². The van der Waals surface area contributed by atoms with Crippen molar-refractivity contribution in [1.29, 1.82) is 0 Å². The van der Waals surface area contributed by atoms with Crippen LogP contribution in [0.4, 0.5) is 0 Å². The Morgan fingerprint density at radius 3 is 2.33 bits per heavy atom. The van der Waals surface area contributed by atoms with Gasteiger partial charge in [-0.05, 0) is 62.2 Å². The van der Waals surface area contributed by atoms with Crippen molar-refractivity contribution in [2.45, 2.75) is 32.9 Å². The molecule has 6 nitrogen and oxygen atoms in total. The maximum atomic E-state index is 12.4. The number of aryl methyl sites for hydroxylation is 1. The van der Waals surface area contributed by atoms with E-state index in [0.717, 1.165) is 11.1 Å². The van der Waals surface area contributed by atoms with Crippen LogP contribution in [0.5, 0.6) is 11.5 Å². The molecule has 0 bridgehead atoms. The number of rotatable bonds is 8. The summed E-state index contributed by atoms with van der Waals surface area (Å²) in [6, 6.07) is 11.9. The van der Waals surface area contributed by atoms with Crippen LogP contribution in [0.3, 0.4) is 0 Å². The lowest BCUT2D eigenvalue weighted by molar-refractivity contribution is -0.139. The normalized spacial score (nSPS) is 12.7. The number of nitrogens with one attached hydrogen (secondary N) is 1. The van der Waals surface area contributed by atoms with E-state index >= 15 is 0 Å². The molecule has 0 aliphatic rings. The maximum Gasteiger partial charge on any atom is 0.341 e. The van der Waals surface area contributed by atoms with Gasteiger partial charge in [-0.15, -0.1) is 0 Å². The Hall–Kier alpha value is -2.73. The number of aliphatic carboxylic acids is 1. The average Bonchev–Trinajstić information content (AvgIpc) is 2.63. The molecule has 0 aliphatic carbocycles. The third-order valence-electron chi connectivity index (χ3n) is 3.91. The van der Waals surface area contributed by atoms with Crippen LogP contribution in [0.25, 0.3) is 0 Å². The summed E-state index contributed by atoms with van der Waals surface area (Å²) in [6.07, 6.45) is -0.675. The lowest BCUT2D eigenvalue weighted by Crippen LogP contribution is -2.37. The number of amides is 1. The molecular weight excluding hydrogens is 370 g/mol. The number of hydrogen-bond acceptors (Lipinski definition) is 4. The summed E-state index contributed by atoms with van der Waals surface area (Å²) in [4.78, 5) is 22.9. The van der Waals surface area contributed by atoms with Crippen molar-refractivity contribution in [3.05, 3.63) is 58.6 Å². The molecule has 2 atom stereocenters. The van der Waals surface area contributed by atoms with Crippen LogP contribution in [0, 0.1) is 6.92 Å². The number of carbonyl (C=O) groups is 2. The Labute approximate surface area is 163 Å². The molecule has 0 aliphatic heterocycles. The Balaban J connectivity index is 1.91. The summed E-state index contributed by atoms with van der Waals surface area (Å²) in [7, 11) is 0. The fraction of sp³-hybridized carbons (Fsp3) is 0.300. The number of benzene rings is 2. The fourth-order valence-electron chi connectivity index (χ4n) is 2.36. The summed E-state index contributed by atoms with van der Waals surface area (Å²) >= 11 is 5.99. The average molecular weight is 392 g/mol. The van der Waals surface area contributed by atoms with E-state index < -0.39 is 18.7 Å². The van der Waals surface area contributed by atoms with Crippen LogP contribution in [-0.4, -0.2) is 29.7 Å². The minimum absolute atomic E-state index is 0.246. The van der Waals surface area contributed by atoms with Crippen molar-refractivity contribution in [2.75, 3.05) is 6.61 Å². The number of carboxylic acids is 1. The summed E-state index contributed by atoms with van der Waals surface area (Å²) in [6.45, 7) is 5.00. The van der Waals surface area contributed by atoms with E-state index in [1.807, 2.05) is 13.8 Å². The van der Waals surface area contributed by atoms with Gasteiger partial charge in [-0.1, -0.05) is 23.7 Å². The fourth-order valence-corrected chi connectivity index (χ4v) is 2.48. The maximum absolute atomic E-state index is 12.4. The highest BCUT2D eigenvalue weighted by Gasteiger charge is 2.18. The van der Waals surface area contributed by atoms with Crippen LogP contribution in [0.1, 0.15) is 31.0 Å². The van der Waals surface area contributed by atoms with Gasteiger partial charge in [0.2, 0.25) is 0 Å². The van der Waals surface area contributed by atoms with Gasteiger partial charge in [0.1, 0.15) is 11.5 Å². The third kappa shape index (κ3) is 6.18. The van der Waals surface area contributed by atoms with Gasteiger partial charge in [0.05, 0.1) is 6.04 Å². The number of halogens is 1. The van der Waals surface area contributed by atoms with Crippen molar-refractivity contribution in [3.63, 3.8) is 0 Å². The van der Waals surface area contributed by atoms with Crippen LogP contribution >= 0.6 is 11.6 Å². The third-order valence-corrected chi connectivity index (χ3v) is 4.34. The van der Waals surface area contributed by atoms with Gasteiger partial charge in [-0.2, -0.15) is 0 Å². The van der Waals surface area contributed by atoms with E-state index in [1.165, 1.54) is 0 Å². The van der Waals surface area contributed by atoms with E-state index in [0.29, 0.717) is 16.5 Å². The molecule has 0 spiro atoms. The van der Waals surface area contributed by atoms with E-state index in [2.05, 4.69) is 5.32 Å². The molecule has 2 rings (SSSR count). The first-order chi connectivity index (χ1) is 12.8. The van der Waals surface area contributed by atoms with Gasteiger partial charge in [-0.25, -0.2) is 4.79 Å². The molecule has 1 amide bonds. The number of ether oxygens (including phenoxy) is 2. The number of carboxylic acid groups (broad SMARTS) is 1. The van der Waals surface area contributed by atoms with Gasteiger partial charge in [0, 0.05) is 5.02 Å². The summed E-state index contributed by atoms with van der Waals surface area (Å²) in [5.41, 5.74) is 1.74. The zero-order valence-corrected chi connectivity index (χ0v) is 16.1. The summed E-state index contributed by atoms with van der Waals surface area (Å²) in [5, 5.41) is 12.1. The highest BCUT2D eigenvalue weighted by Crippen LogP contribution is 2.22. The Bertz CT molecular complexity index is 807. The number of carbonyl (C=O) groups excluding carboxylic acids is 1. The largest absolute Gasteiger partial charge is 0.482 e. The topological polar surface area (TPSA) is 84.9 Å². The lowest BCUT2D eigenvalue weighted by Gasteiger charge is -2.19. The first-order valence-electron chi connectivity index (χ1n) is 8.44. The van der Waals surface area contributed by atoms with E-state index in [-0.39, 0.29) is 11.9 Å². The molecule has 0 aromatic heterocycles. The summed E-state index contributed by atoms with van der Waals surface area (Å²) < 4.78 is 10.8. The molecule has 0 saturated heterocycles. The highest BCUT2D eigenvalue weighted by molar-refractivity contribution is 6.31. The molecule has 144 valence electrons. The molecule has 0 radical (unpaired) electrons. The highest BCUT2D eigenvalue weighted by atomic mass is 35.5. The van der Waals surface area contributed by atoms with Crippen LogP contribution in [-0.2, 0) is 9.59 Å². The molecule has 2 aromatic rings. The van der Waals surface area contributed by atoms with E-state index in [4.69, 9.17) is 26.2 Å². The molecule has 0 saturated carbocycles. The van der Waals surface area contributed by atoms with Crippen molar-refractivity contribution < 1.29 is 24.2 Å². The molecule has 0 fully saturated rings. The van der Waals surface area contributed by atoms with Crippen molar-refractivity contribution in [1.82, 2.24) is 5.32 Å². The Morgan fingerprint density at radius 1 is 1.11 bits per heavy atom. The lowest BCUT2D eigenvalue weighted by atomic mass is 10.1. The smallest absolute Gasteiger partial charge is 0.341 e. The molecule has 2 aromatic carbocycles.